The lowest BCUT2D eigenvalue weighted by molar-refractivity contribution is 0.157. The number of hydrogen-bond acceptors (Lipinski definition) is 1. The van der Waals surface area contributed by atoms with E-state index < -0.39 is 6.09 Å². The van der Waals surface area contributed by atoms with E-state index in [-0.39, 0.29) is 0 Å². The molecule has 50 valence electrons. The van der Waals surface area contributed by atoms with E-state index in [1.807, 2.05) is 13.0 Å². The van der Waals surface area contributed by atoms with Gasteiger partial charge in [-0.15, -0.1) is 0 Å². The van der Waals surface area contributed by atoms with E-state index >= 15 is 0 Å². The molecule has 9 heavy (non-hydrogen) atoms. The summed E-state index contributed by atoms with van der Waals surface area (Å²) >= 11 is 0. The van der Waals surface area contributed by atoms with Gasteiger partial charge in [-0.1, -0.05) is 11.6 Å². The Kier molecular flexibility index (Phi) is 1.42. The second kappa shape index (κ2) is 2.09. The highest BCUT2D eigenvalue weighted by molar-refractivity contribution is 5.66. The van der Waals surface area contributed by atoms with E-state index in [4.69, 9.17) is 5.11 Å². The lowest BCUT2D eigenvalue weighted by atomic mass is 10.3. The van der Waals surface area contributed by atoms with Crippen LogP contribution in [0, 0.1) is 0 Å². The first-order valence-electron chi connectivity index (χ1n) is 2.83. The molecule has 1 heterocycles. The number of carbonyl (C=O) groups is 1. The van der Waals surface area contributed by atoms with Gasteiger partial charge in [0, 0.05) is 13.1 Å². The molecule has 1 aliphatic rings. The standard InChI is InChI=1S/C6H9NO2/c1-5-2-3-7(4-5)6(8)9/h2H,3-4H2,1H3,(H,8,9). The topological polar surface area (TPSA) is 40.5 Å². The first-order valence-corrected chi connectivity index (χ1v) is 2.83. The van der Waals surface area contributed by atoms with Crippen LogP contribution < -0.4 is 0 Å². The van der Waals surface area contributed by atoms with Crippen molar-refractivity contribution in [3.05, 3.63) is 11.6 Å². The Morgan fingerprint density at radius 3 is 2.78 bits per heavy atom. The number of nitrogens with zero attached hydrogens (tertiary/aromatic N) is 1. The maximum atomic E-state index is 10.2. The average molecular weight is 127 g/mol. The molecule has 0 spiro atoms. The third kappa shape index (κ3) is 1.22. The summed E-state index contributed by atoms with van der Waals surface area (Å²) < 4.78 is 0. The largest absolute Gasteiger partial charge is 0.465 e. The van der Waals surface area contributed by atoms with Gasteiger partial charge in [0.05, 0.1) is 0 Å². The first kappa shape index (κ1) is 6.13. The summed E-state index contributed by atoms with van der Waals surface area (Å²) in [5, 5.41) is 8.42. The van der Waals surface area contributed by atoms with Crippen molar-refractivity contribution >= 4 is 6.09 Å². The molecule has 0 saturated heterocycles. The van der Waals surface area contributed by atoms with Crippen LogP contribution in [0.5, 0.6) is 0 Å². The number of hydrogen-bond donors (Lipinski definition) is 1. The molecule has 0 radical (unpaired) electrons. The molecule has 0 bridgehead atoms. The van der Waals surface area contributed by atoms with Crippen molar-refractivity contribution in [2.75, 3.05) is 13.1 Å². The normalized spacial score (nSPS) is 17.9. The third-order valence-corrected chi connectivity index (χ3v) is 1.37. The van der Waals surface area contributed by atoms with Crippen LogP contribution in [-0.4, -0.2) is 29.2 Å². The molecule has 0 unspecified atom stereocenters. The smallest absolute Gasteiger partial charge is 0.407 e. The summed E-state index contributed by atoms with van der Waals surface area (Å²) in [5.41, 5.74) is 1.14. The maximum Gasteiger partial charge on any atom is 0.407 e. The minimum absolute atomic E-state index is 0.557. The first-order chi connectivity index (χ1) is 4.20. The van der Waals surface area contributed by atoms with Crippen molar-refractivity contribution in [2.24, 2.45) is 0 Å². The Labute approximate surface area is 53.6 Å². The summed E-state index contributed by atoms with van der Waals surface area (Å²) in [5.74, 6) is 0. The van der Waals surface area contributed by atoms with Crippen molar-refractivity contribution in [1.29, 1.82) is 0 Å². The lowest BCUT2D eigenvalue weighted by Gasteiger charge is -2.09. The highest BCUT2D eigenvalue weighted by Crippen LogP contribution is 2.06. The molecular formula is C6H9NO2. The van der Waals surface area contributed by atoms with Gasteiger partial charge >= 0.3 is 6.09 Å². The molecule has 0 fully saturated rings. The van der Waals surface area contributed by atoms with E-state index in [0.717, 1.165) is 5.57 Å². The fourth-order valence-electron chi connectivity index (χ4n) is 0.842. The Balaban J connectivity index is 2.47. The highest BCUT2D eigenvalue weighted by Gasteiger charge is 2.14. The van der Waals surface area contributed by atoms with Gasteiger partial charge in [0.1, 0.15) is 0 Å². The monoisotopic (exact) mass is 127 g/mol. The van der Waals surface area contributed by atoms with E-state index in [0.29, 0.717) is 13.1 Å². The van der Waals surface area contributed by atoms with Gasteiger partial charge in [0.15, 0.2) is 0 Å². The molecule has 3 nitrogen and oxygen atoms in total. The van der Waals surface area contributed by atoms with Gasteiger partial charge < -0.3 is 10.0 Å². The quantitative estimate of drug-likeness (QED) is 0.492. The fourth-order valence-corrected chi connectivity index (χ4v) is 0.842. The second-order valence-corrected chi connectivity index (χ2v) is 2.21. The molecule has 1 aliphatic heterocycles. The summed E-state index contributed by atoms with van der Waals surface area (Å²) in [6.07, 6.45) is 1.09. The second-order valence-electron chi connectivity index (χ2n) is 2.21. The zero-order valence-electron chi connectivity index (χ0n) is 5.29. The lowest BCUT2D eigenvalue weighted by Crippen LogP contribution is -2.26. The summed E-state index contributed by atoms with van der Waals surface area (Å²) in [7, 11) is 0. The van der Waals surface area contributed by atoms with Crippen LogP contribution in [0.15, 0.2) is 11.6 Å². The molecule has 1 N–H and O–H groups in total. The zero-order chi connectivity index (χ0) is 6.85. The average Bonchev–Trinajstić information content (AvgIpc) is 2.14. The molecule has 1 rings (SSSR count). The Hall–Kier alpha value is -0.990. The van der Waals surface area contributed by atoms with Gasteiger partial charge in [-0.2, -0.15) is 0 Å². The van der Waals surface area contributed by atoms with Crippen molar-refractivity contribution in [2.45, 2.75) is 6.92 Å². The van der Waals surface area contributed by atoms with E-state index in [2.05, 4.69) is 0 Å². The van der Waals surface area contributed by atoms with E-state index in [1.54, 1.807) is 0 Å². The van der Waals surface area contributed by atoms with E-state index in [9.17, 15) is 4.79 Å². The fraction of sp³-hybridized carbons (Fsp3) is 0.500. The van der Waals surface area contributed by atoms with Crippen LogP contribution in [-0.2, 0) is 0 Å². The highest BCUT2D eigenvalue weighted by atomic mass is 16.4. The van der Waals surface area contributed by atoms with Crippen LogP contribution in [0.2, 0.25) is 0 Å². The van der Waals surface area contributed by atoms with Crippen molar-refractivity contribution in [3.8, 4) is 0 Å². The number of rotatable bonds is 0. The summed E-state index contributed by atoms with van der Waals surface area (Å²) in [4.78, 5) is 11.6. The predicted octanol–water partition coefficient (Wildman–Crippen LogP) is 0.926. The van der Waals surface area contributed by atoms with Crippen molar-refractivity contribution in [3.63, 3.8) is 0 Å². The van der Waals surface area contributed by atoms with Crippen LogP contribution >= 0.6 is 0 Å². The van der Waals surface area contributed by atoms with Gasteiger partial charge in [0.25, 0.3) is 0 Å². The molecule has 0 aromatic carbocycles. The minimum atomic E-state index is -0.830. The third-order valence-electron chi connectivity index (χ3n) is 1.37. The Morgan fingerprint density at radius 2 is 2.56 bits per heavy atom. The minimum Gasteiger partial charge on any atom is -0.465 e. The van der Waals surface area contributed by atoms with Crippen LogP contribution in [0.4, 0.5) is 4.79 Å². The molecule has 0 aliphatic carbocycles. The molecule has 0 aromatic rings. The van der Waals surface area contributed by atoms with Gasteiger partial charge in [-0.05, 0) is 6.92 Å². The Morgan fingerprint density at radius 1 is 1.89 bits per heavy atom. The van der Waals surface area contributed by atoms with Gasteiger partial charge in [-0.25, -0.2) is 4.79 Å². The van der Waals surface area contributed by atoms with Gasteiger partial charge in [0.2, 0.25) is 0 Å². The molecule has 0 saturated carbocycles. The van der Waals surface area contributed by atoms with Crippen molar-refractivity contribution < 1.29 is 9.90 Å². The van der Waals surface area contributed by atoms with E-state index in [1.165, 1.54) is 4.90 Å². The van der Waals surface area contributed by atoms with Crippen LogP contribution in [0.1, 0.15) is 6.92 Å². The van der Waals surface area contributed by atoms with Crippen molar-refractivity contribution in [1.82, 2.24) is 4.90 Å². The maximum absolute atomic E-state index is 10.2. The summed E-state index contributed by atoms with van der Waals surface area (Å²) in [6, 6.07) is 0. The molecule has 0 aromatic heterocycles. The van der Waals surface area contributed by atoms with Crippen LogP contribution in [0.3, 0.4) is 0 Å². The number of amides is 1. The molecule has 1 amide bonds. The summed E-state index contributed by atoms with van der Waals surface area (Å²) in [6.45, 7) is 3.07. The van der Waals surface area contributed by atoms with Crippen LogP contribution in [0.25, 0.3) is 0 Å². The molecular weight excluding hydrogens is 118 g/mol. The Bertz CT molecular complexity index is 162. The SMILES string of the molecule is CC1=CCN(C(=O)O)C1. The predicted molar refractivity (Wildman–Crippen MR) is 33.4 cm³/mol. The van der Waals surface area contributed by atoms with Gasteiger partial charge in [-0.3, -0.25) is 0 Å². The molecule has 0 atom stereocenters. The molecule has 3 heteroatoms. The number of carboxylic acid groups (broad SMARTS) is 1. The zero-order valence-corrected chi connectivity index (χ0v) is 5.29.